The number of amides is 1. The molecule has 0 spiro atoms. The highest BCUT2D eigenvalue weighted by atomic mass is 19.4. The Labute approximate surface area is 221 Å². The van der Waals surface area contributed by atoms with Gasteiger partial charge in [0.05, 0.1) is 5.56 Å². The molecule has 5 nitrogen and oxygen atoms in total. The molecule has 3 heterocycles. The number of hydrogen-bond acceptors (Lipinski definition) is 3. The number of halogens is 5. The van der Waals surface area contributed by atoms with Gasteiger partial charge in [-0.05, 0) is 66.5 Å². The molecular formula is C29H25F5N4O. The largest absolute Gasteiger partial charge is 0.426 e. The minimum atomic E-state index is -5.05. The minimum absolute atomic E-state index is 0.000481. The van der Waals surface area contributed by atoms with Crippen molar-refractivity contribution >= 4 is 17.1 Å². The van der Waals surface area contributed by atoms with Crippen LogP contribution in [0.4, 0.5) is 22.0 Å². The van der Waals surface area contributed by atoms with Gasteiger partial charge in [0, 0.05) is 37.1 Å². The Morgan fingerprint density at radius 3 is 2.59 bits per heavy atom. The second kappa shape index (κ2) is 8.86. The number of fused-ring (bicyclic) bond motifs is 4. The molecule has 2 aromatic carbocycles. The molecule has 6 rings (SSSR count). The number of likely N-dealkylation sites (tertiary alicyclic amines) is 1. The normalized spacial score (nSPS) is 22.4. The van der Waals surface area contributed by atoms with Crippen LogP contribution in [0.15, 0.2) is 61.1 Å². The molecule has 3 unspecified atom stereocenters. The lowest BCUT2D eigenvalue weighted by atomic mass is 9.62. The molecule has 10 heteroatoms. The Bertz CT molecular complexity index is 1560. The predicted octanol–water partition coefficient (Wildman–Crippen LogP) is 6.04. The number of alkyl halides is 4. The van der Waals surface area contributed by atoms with Crippen LogP contribution in [-0.4, -0.2) is 45.0 Å². The lowest BCUT2D eigenvalue weighted by molar-refractivity contribution is -0.228. The molecule has 1 saturated heterocycles. The fourth-order valence-corrected chi connectivity index (χ4v) is 6.32. The number of nitrogens with zero attached hydrogens (tertiary/aromatic N) is 3. The molecule has 202 valence electrons. The summed E-state index contributed by atoms with van der Waals surface area (Å²) in [6.45, 7) is 1.28. The summed E-state index contributed by atoms with van der Waals surface area (Å²) in [4.78, 5) is 27.0. The summed E-state index contributed by atoms with van der Waals surface area (Å²) in [5, 5.41) is 0. The van der Waals surface area contributed by atoms with E-state index < -0.39 is 22.8 Å². The van der Waals surface area contributed by atoms with Gasteiger partial charge in [0.25, 0.3) is 5.91 Å². The van der Waals surface area contributed by atoms with Crippen molar-refractivity contribution in [1.29, 1.82) is 0 Å². The first kappa shape index (κ1) is 25.5. The summed E-state index contributed by atoms with van der Waals surface area (Å²) < 4.78 is 69.0. The van der Waals surface area contributed by atoms with Gasteiger partial charge in [-0.15, -0.1) is 0 Å². The summed E-state index contributed by atoms with van der Waals surface area (Å²) in [5.74, 6) is -0.596. The molecule has 0 saturated carbocycles. The standard InChI is InChI=1S/C29H25F5N4O/c1-27(31,29(32,33)34)19-6-9-23-18(12-19)4-5-20-15-38(16-28(20,23)13-17-2-7-21(30)8-3-17)26(39)22-14-37-25-24(22)35-10-11-36-25/h2-3,6-12,14,20H,4-5,13,15-16H2,1H3,(H,36,37). The number of benzene rings is 2. The Morgan fingerprint density at radius 1 is 1.10 bits per heavy atom. The van der Waals surface area contributed by atoms with E-state index in [1.54, 1.807) is 29.3 Å². The second-order valence-corrected chi connectivity index (χ2v) is 10.7. The van der Waals surface area contributed by atoms with Gasteiger partial charge in [0.15, 0.2) is 5.65 Å². The van der Waals surface area contributed by atoms with E-state index >= 15 is 0 Å². The second-order valence-electron chi connectivity index (χ2n) is 10.7. The van der Waals surface area contributed by atoms with Crippen LogP contribution in [0.1, 0.15) is 46.0 Å². The third-order valence-corrected chi connectivity index (χ3v) is 8.43. The molecule has 1 N–H and O–H groups in total. The summed E-state index contributed by atoms with van der Waals surface area (Å²) >= 11 is 0. The van der Waals surface area contributed by atoms with Crippen LogP contribution >= 0.6 is 0 Å². The maximum absolute atomic E-state index is 14.9. The summed E-state index contributed by atoms with van der Waals surface area (Å²) in [6.07, 6.45) is 1.11. The maximum Gasteiger partial charge on any atom is 0.426 e. The number of aromatic amines is 1. The number of rotatable bonds is 4. The van der Waals surface area contributed by atoms with Gasteiger partial charge in [0.1, 0.15) is 11.3 Å². The fourth-order valence-electron chi connectivity index (χ4n) is 6.32. The van der Waals surface area contributed by atoms with Crippen molar-refractivity contribution in [2.75, 3.05) is 13.1 Å². The molecule has 2 aromatic heterocycles. The number of H-pyrrole nitrogens is 1. The first-order valence-electron chi connectivity index (χ1n) is 12.7. The van der Waals surface area contributed by atoms with Gasteiger partial charge in [-0.3, -0.25) is 9.78 Å². The number of carbonyl (C=O) groups excluding carboxylic acids is 1. The van der Waals surface area contributed by atoms with Gasteiger partial charge in [-0.2, -0.15) is 13.2 Å². The molecular weight excluding hydrogens is 515 g/mol. The van der Waals surface area contributed by atoms with E-state index in [2.05, 4.69) is 15.0 Å². The molecule has 3 atom stereocenters. The fraction of sp³-hybridized carbons (Fsp3) is 0.345. The lowest BCUT2D eigenvalue weighted by Gasteiger charge is -2.41. The van der Waals surface area contributed by atoms with E-state index in [9.17, 15) is 26.7 Å². The number of nitrogens with one attached hydrogen (secondary N) is 1. The molecule has 1 aliphatic carbocycles. The van der Waals surface area contributed by atoms with Crippen LogP contribution in [0.25, 0.3) is 11.2 Å². The zero-order chi connectivity index (χ0) is 27.6. The average molecular weight is 541 g/mol. The number of hydrogen-bond donors (Lipinski definition) is 1. The Balaban J connectivity index is 1.42. The number of carbonyl (C=O) groups is 1. The SMILES string of the molecule is CC(F)(c1ccc2c(c1)CCC1CN(C(=O)c3c[nH]c4nccnc34)CC21Cc1ccc(F)cc1)C(F)(F)F. The molecule has 1 amide bonds. The molecule has 2 aliphatic rings. The smallest absolute Gasteiger partial charge is 0.344 e. The van der Waals surface area contributed by atoms with Crippen LogP contribution in [-0.2, 0) is 23.9 Å². The Morgan fingerprint density at radius 2 is 1.85 bits per heavy atom. The third kappa shape index (κ3) is 4.08. The highest BCUT2D eigenvalue weighted by Gasteiger charge is 2.55. The molecule has 0 bridgehead atoms. The van der Waals surface area contributed by atoms with Crippen LogP contribution in [0.2, 0.25) is 0 Å². The maximum atomic E-state index is 14.9. The van der Waals surface area contributed by atoms with Crippen molar-refractivity contribution in [2.24, 2.45) is 5.92 Å². The zero-order valence-electron chi connectivity index (χ0n) is 21.0. The van der Waals surface area contributed by atoms with Crippen LogP contribution < -0.4 is 0 Å². The monoisotopic (exact) mass is 540 g/mol. The lowest BCUT2D eigenvalue weighted by Crippen LogP contribution is -2.42. The van der Waals surface area contributed by atoms with Crippen LogP contribution in [0.3, 0.4) is 0 Å². The van der Waals surface area contributed by atoms with E-state index in [1.165, 1.54) is 36.7 Å². The molecule has 4 aromatic rings. The third-order valence-electron chi connectivity index (χ3n) is 8.43. The van der Waals surface area contributed by atoms with E-state index in [1.807, 2.05) is 0 Å². The van der Waals surface area contributed by atoms with Crippen molar-refractivity contribution in [2.45, 2.75) is 43.4 Å². The topological polar surface area (TPSA) is 61.9 Å². The highest BCUT2D eigenvalue weighted by molar-refractivity contribution is 6.04. The van der Waals surface area contributed by atoms with Crippen molar-refractivity contribution in [3.8, 4) is 0 Å². The summed E-state index contributed by atoms with van der Waals surface area (Å²) in [5.41, 5.74) is -0.921. The van der Waals surface area contributed by atoms with Crippen LogP contribution in [0.5, 0.6) is 0 Å². The Hall–Kier alpha value is -3.82. The number of aryl methyl sites for hydroxylation is 1. The summed E-state index contributed by atoms with van der Waals surface area (Å²) in [6, 6.07) is 10.2. The molecule has 1 fully saturated rings. The first-order valence-corrected chi connectivity index (χ1v) is 12.7. The average Bonchev–Trinajstić information content (AvgIpc) is 3.51. The Kier molecular flexibility index (Phi) is 5.78. The predicted molar refractivity (Wildman–Crippen MR) is 134 cm³/mol. The summed E-state index contributed by atoms with van der Waals surface area (Å²) in [7, 11) is 0. The highest BCUT2D eigenvalue weighted by Crippen LogP contribution is 2.51. The zero-order valence-corrected chi connectivity index (χ0v) is 21.0. The molecule has 1 aliphatic heterocycles. The van der Waals surface area contributed by atoms with E-state index in [4.69, 9.17) is 0 Å². The van der Waals surface area contributed by atoms with E-state index in [-0.39, 0.29) is 17.6 Å². The minimum Gasteiger partial charge on any atom is -0.344 e. The number of aromatic nitrogens is 3. The molecule has 0 radical (unpaired) electrons. The van der Waals surface area contributed by atoms with Gasteiger partial charge in [0.2, 0.25) is 5.67 Å². The van der Waals surface area contributed by atoms with Crippen molar-refractivity contribution in [1.82, 2.24) is 19.9 Å². The van der Waals surface area contributed by atoms with Gasteiger partial charge in [-0.25, -0.2) is 13.8 Å². The molecule has 39 heavy (non-hydrogen) atoms. The van der Waals surface area contributed by atoms with E-state index in [0.29, 0.717) is 61.6 Å². The quantitative estimate of drug-likeness (QED) is 0.321. The van der Waals surface area contributed by atoms with Gasteiger partial charge in [-0.1, -0.05) is 30.3 Å². The van der Waals surface area contributed by atoms with Gasteiger partial charge < -0.3 is 9.88 Å². The van der Waals surface area contributed by atoms with Crippen molar-refractivity contribution < 1.29 is 26.7 Å². The van der Waals surface area contributed by atoms with E-state index in [0.717, 1.165) is 11.1 Å². The van der Waals surface area contributed by atoms with Crippen molar-refractivity contribution in [3.05, 3.63) is 94.7 Å². The first-order chi connectivity index (χ1) is 18.5. The van der Waals surface area contributed by atoms with Gasteiger partial charge >= 0.3 is 6.18 Å². The van der Waals surface area contributed by atoms with Crippen LogP contribution in [0, 0.1) is 11.7 Å². The van der Waals surface area contributed by atoms with Crippen molar-refractivity contribution in [3.63, 3.8) is 0 Å².